The SMILES string of the molecule is COCC(=O)N[C@@H](CCc1ccccc1)C(=O)OC. The van der Waals surface area contributed by atoms with Gasteiger partial charge >= 0.3 is 5.97 Å². The van der Waals surface area contributed by atoms with Gasteiger partial charge < -0.3 is 14.8 Å². The van der Waals surface area contributed by atoms with Gasteiger partial charge in [-0.15, -0.1) is 0 Å². The molecule has 0 aromatic heterocycles. The minimum atomic E-state index is -0.646. The third-order valence-corrected chi connectivity index (χ3v) is 2.66. The van der Waals surface area contributed by atoms with Crippen molar-refractivity contribution in [1.82, 2.24) is 5.32 Å². The van der Waals surface area contributed by atoms with E-state index in [4.69, 9.17) is 4.74 Å². The fourth-order valence-electron chi connectivity index (χ4n) is 1.71. The maximum absolute atomic E-state index is 11.6. The quantitative estimate of drug-likeness (QED) is 0.745. The van der Waals surface area contributed by atoms with Gasteiger partial charge in [0.15, 0.2) is 0 Å². The van der Waals surface area contributed by atoms with Gasteiger partial charge in [-0.2, -0.15) is 0 Å². The molecule has 1 aromatic rings. The molecule has 0 unspecified atom stereocenters. The van der Waals surface area contributed by atoms with Crippen molar-refractivity contribution in [1.29, 1.82) is 0 Å². The first kappa shape index (κ1) is 15.2. The number of rotatable bonds is 7. The highest BCUT2D eigenvalue weighted by Crippen LogP contribution is 2.06. The first-order chi connectivity index (χ1) is 9.17. The minimum absolute atomic E-state index is 0.0706. The van der Waals surface area contributed by atoms with E-state index in [-0.39, 0.29) is 12.5 Å². The Balaban J connectivity index is 2.55. The van der Waals surface area contributed by atoms with Crippen LogP contribution in [0.25, 0.3) is 0 Å². The summed E-state index contributed by atoms with van der Waals surface area (Å²) in [5.41, 5.74) is 1.11. The maximum atomic E-state index is 11.6. The van der Waals surface area contributed by atoms with Crippen LogP contribution in [0.2, 0.25) is 0 Å². The van der Waals surface area contributed by atoms with Gasteiger partial charge in [0.1, 0.15) is 12.6 Å². The zero-order valence-corrected chi connectivity index (χ0v) is 11.2. The number of aryl methyl sites for hydroxylation is 1. The topological polar surface area (TPSA) is 64.6 Å². The van der Waals surface area contributed by atoms with Crippen molar-refractivity contribution in [2.45, 2.75) is 18.9 Å². The molecule has 1 aromatic carbocycles. The van der Waals surface area contributed by atoms with Crippen LogP contribution >= 0.6 is 0 Å². The second kappa shape index (κ2) is 8.26. The van der Waals surface area contributed by atoms with E-state index in [0.29, 0.717) is 12.8 Å². The fourth-order valence-corrected chi connectivity index (χ4v) is 1.71. The van der Waals surface area contributed by atoms with E-state index < -0.39 is 12.0 Å². The molecule has 0 fully saturated rings. The fraction of sp³-hybridized carbons (Fsp3) is 0.429. The van der Waals surface area contributed by atoms with Gasteiger partial charge in [-0.25, -0.2) is 4.79 Å². The number of amides is 1. The summed E-state index contributed by atoms with van der Waals surface area (Å²) in [5, 5.41) is 2.60. The summed E-state index contributed by atoms with van der Waals surface area (Å²) < 4.78 is 9.40. The van der Waals surface area contributed by atoms with Crippen molar-refractivity contribution in [2.24, 2.45) is 0 Å². The van der Waals surface area contributed by atoms with Crippen LogP contribution in [0.3, 0.4) is 0 Å². The Bertz CT molecular complexity index is 405. The predicted octanol–water partition coefficient (Wildman–Crippen LogP) is 0.923. The molecular formula is C14H19NO4. The Morgan fingerprint density at radius 1 is 1.21 bits per heavy atom. The molecule has 0 aliphatic carbocycles. The summed E-state index contributed by atoms with van der Waals surface area (Å²) in [7, 11) is 2.73. The summed E-state index contributed by atoms with van der Waals surface area (Å²) in [6, 6.07) is 9.11. The van der Waals surface area contributed by atoms with Crippen LogP contribution in [0.5, 0.6) is 0 Å². The molecule has 1 N–H and O–H groups in total. The number of ether oxygens (including phenoxy) is 2. The van der Waals surface area contributed by atoms with Gasteiger partial charge in [0, 0.05) is 7.11 Å². The molecule has 0 heterocycles. The summed E-state index contributed by atoms with van der Waals surface area (Å²) in [5.74, 6) is -0.772. The number of esters is 1. The number of hydrogen-bond acceptors (Lipinski definition) is 4. The van der Waals surface area contributed by atoms with Crippen molar-refractivity contribution in [2.75, 3.05) is 20.8 Å². The lowest BCUT2D eigenvalue weighted by Gasteiger charge is -2.16. The molecule has 0 aliphatic rings. The maximum Gasteiger partial charge on any atom is 0.328 e. The lowest BCUT2D eigenvalue weighted by atomic mass is 10.1. The Morgan fingerprint density at radius 2 is 1.89 bits per heavy atom. The average molecular weight is 265 g/mol. The highest BCUT2D eigenvalue weighted by atomic mass is 16.5. The summed E-state index contributed by atoms with van der Waals surface area (Å²) in [4.78, 5) is 23.0. The van der Waals surface area contributed by atoms with E-state index in [0.717, 1.165) is 5.56 Å². The Hall–Kier alpha value is -1.88. The predicted molar refractivity (Wildman–Crippen MR) is 70.6 cm³/mol. The lowest BCUT2D eigenvalue weighted by molar-refractivity contribution is -0.145. The molecule has 0 saturated heterocycles. The first-order valence-electron chi connectivity index (χ1n) is 6.07. The normalized spacial score (nSPS) is 11.7. The van der Waals surface area contributed by atoms with E-state index in [1.807, 2.05) is 30.3 Å². The molecule has 1 atom stereocenters. The van der Waals surface area contributed by atoms with Crippen LogP contribution in [-0.4, -0.2) is 38.7 Å². The second-order valence-electron chi connectivity index (χ2n) is 4.10. The van der Waals surface area contributed by atoms with Gasteiger partial charge in [-0.05, 0) is 18.4 Å². The molecule has 0 radical (unpaired) electrons. The molecule has 0 saturated carbocycles. The third kappa shape index (κ3) is 5.52. The molecule has 1 amide bonds. The van der Waals surface area contributed by atoms with Crippen molar-refractivity contribution in [3.05, 3.63) is 35.9 Å². The van der Waals surface area contributed by atoms with E-state index in [1.54, 1.807) is 0 Å². The molecule has 0 bridgehead atoms. The lowest BCUT2D eigenvalue weighted by Crippen LogP contribution is -2.43. The van der Waals surface area contributed by atoms with Crippen molar-refractivity contribution in [3.8, 4) is 0 Å². The standard InChI is InChI=1S/C14H19NO4/c1-18-10-13(16)15-12(14(17)19-2)9-8-11-6-4-3-5-7-11/h3-7,12H,8-10H2,1-2H3,(H,15,16)/t12-/m0/s1. The Labute approximate surface area is 112 Å². The zero-order chi connectivity index (χ0) is 14.1. The molecule has 0 aliphatic heterocycles. The van der Waals surface area contributed by atoms with E-state index in [1.165, 1.54) is 14.2 Å². The summed E-state index contributed by atoms with van der Waals surface area (Å²) >= 11 is 0. The highest BCUT2D eigenvalue weighted by molar-refractivity contribution is 5.85. The van der Waals surface area contributed by atoms with Gasteiger partial charge in [0.2, 0.25) is 5.91 Å². The monoisotopic (exact) mass is 265 g/mol. The van der Waals surface area contributed by atoms with Crippen LogP contribution in [0.15, 0.2) is 30.3 Å². The highest BCUT2D eigenvalue weighted by Gasteiger charge is 2.20. The van der Waals surface area contributed by atoms with Gasteiger partial charge in [0.25, 0.3) is 0 Å². The second-order valence-corrected chi connectivity index (χ2v) is 4.10. The smallest absolute Gasteiger partial charge is 0.328 e. The molecule has 19 heavy (non-hydrogen) atoms. The molecule has 0 spiro atoms. The molecule has 5 nitrogen and oxygen atoms in total. The molecular weight excluding hydrogens is 246 g/mol. The van der Waals surface area contributed by atoms with Crippen molar-refractivity contribution < 1.29 is 19.1 Å². The van der Waals surface area contributed by atoms with E-state index >= 15 is 0 Å². The molecule has 1 rings (SSSR count). The third-order valence-electron chi connectivity index (χ3n) is 2.66. The van der Waals surface area contributed by atoms with Crippen LogP contribution in [0.4, 0.5) is 0 Å². The van der Waals surface area contributed by atoms with Gasteiger partial charge in [0.05, 0.1) is 7.11 Å². The van der Waals surface area contributed by atoms with Gasteiger partial charge in [-0.1, -0.05) is 30.3 Å². The van der Waals surface area contributed by atoms with Gasteiger partial charge in [-0.3, -0.25) is 4.79 Å². The first-order valence-corrected chi connectivity index (χ1v) is 6.07. The molecule has 104 valence electrons. The van der Waals surface area contributed by atoms with Crippen LogP contribution < -0.4 is 5.32 Å². The van der Waals surface area contributed by atoms with E-state index in [2.05, 4.69) is 10.1 Å². The number of carbonyl (C=O) groups is 2. The number of benzene rings is 1. The minimum Gasteiger partial charge on any atom is -0.467 e. The van der Waals surface area contributed by atoms with Crippen molar-refractivity contribution >= 4 is 11.9 Å². The van der Waals surface area contributed by atoms with Crippen LogP contribution in [0.1, 0.15) is 12.0 Å². The Morgan fingerprint density at radius 3 is 2.47 bits per heavy atom. The van der Waals surface area contributed by atoms with Crippen molar-refractivity contribution in [3.63, 3.8) is 0 Å². The number of hydrogen-bond donors (Lipinski definition) is 1. The molecule has 5 heteroatoms. The number of carbonyl (C=O) groups excluding carboxylic acids is 2. The summed E-state index contributed by atoms with van der Waals surface area (Å²) in [6.07, 6.45) is 1.18. The van der Waals surface area contributed by atoms with Crippen LogP contribution in [-0.2, 0) is 25.5 Å². The summed E-state index contributed by atoms with van der Waals surface area (Å²) in [6.45, 7) is -0.0706. The number of methoxy groups -OCH3 is 2. The van der Waals surface area contributed by atoms with E-state index in [9.17, 15) is 9.59 Å². The zero-order valence-electron chi connectivity index (χ0n) is 11.2. The average Bonchev–Trinajstić information content (AvgIpc) is 2.44. The van der Waals surface area contributed by atoms with Crippen LogP contribution in [0, 0.1) is 0 Å². The number of nitrogens with one attached hydrogen (secondary N) is 1. The largest absolute Gasteiger partial charge is 0.467 e. The Kier molecular flexibility index (Phi) is 6.60.